The van der Waals surface area contributed by atoms with E-state index < -0.39 is 17.7 Å². The SMILES string of the molecule is Nc1cc(C(=O)O)ccc1Nc1ccccc1C(F)(F)F. The molecule has 4 N–H and O–H groups in total. The van der Waals surface area contributed by atoms with Crippen LogP contribution in [0.4, 0.5) is 30.2 Å². The van der Waals surface area contributed by atoms with Gasteiger partial charge >= 0.3 is 12.1 Å². The van der Waals surface area contributed by atoms with Gasteiger partial charge in [0.25, 0.3) is 0 Å². The second-order valence-electron chi connectivity index (χ2n) is 4.28. The number of nitrogen functional groups attached to an aromatic ring is 1. The normalized spacial score (nSPS) is 11.2. The van der Waals surface area contributed by atoms with Gasteiger partial charge in [0.1, 0.15) is 0 Å². The molecular weight excluding hydrogens is 285 g/mol. The van der Waals surface area contributed by atoms with E-state index in [0.29, 0.717) is 0 Å². The molecule has 0 aliphatic heterocycles. The molecule has 0 saturated heterocycles. The Morgan fingerprint density at radius 2 is 1.76 bits per heavy atom. The maximum atomic E-state index is 12.9. The van der Waals surface area contributed by atoms with E-state index in [2.05, 4.69) is 5.32 Å². The Morgan fingerprint density at radius 1 is 1.10 bits per heavy atom. The van der Waals surface area contributed by atoms with Crippen LogP contribution >= 0.6 is 0 Å². The standard InChI is InChI=1S/C14H11F3N2O2/c15-14(16,17)9-3-1-2-4-11(9)19-12-6-5-8(13(20)21)7-10(12)18/h1-7,19H,18H2,(H,20,21). The average molecular weight is 296 g/mol. The molecule has 0 aliphatic rings. The number of alkyl halides is 3. The quantitative estimate of drug-likeness (QED) is 0.754. The number of rotatable bonds is 3. The fraction of sp³-hybridized carbons (Fsp3) is 0.0714. The lowest BCUT2D eigenvalue weighted by atomic mass is 10.1. The van der Waals surface area contributed by atoms with Gasteiger partial charge in [-0.3, -0.25) is 0 Å². The van der Waals surface area contributed by atoms with E-state index in [4.69, 9.17) is 10.8 Å². The molecule has 0 amide bonds. The summed E-state index contributed by atoms with van der Waals surface area (Å²) in [6.45, 7) is 0. The average Bonchev–Trinajstić information content (AvgIpc) is 2.40. The van der Waals surface area contributed by atoms with Crippen molar-refractivity contribution in [2.45, 2.75) is 6.18 Å². The first-order valence-electron chi connectivity index (χ1n) is 5.85. The van der Waals surface area contributed by atoms with E-state index in [9.17, 15) is 18.0 Å². The van der Waals surface area contributed by atoms with Crippen molar-refractivity contribution < 1.29 is 23.1 Å². The molecule has 21 heavy (non-hydrogen) atoms. The second-order valence-corrected chi connectivity index (χ2v) is 4.28. The van der Waals surface area contributed by atoms with Crippen molar-refractivity contribution in [3.8, 4) is 0 Å². The van der Waals surface area contributed by atoms with E-state index in [-0.39, 0.29) is 22.6 Å². The number of anilines is 3. The summed E-state index contributed by atoms with van der Waals surface area (Å²) in [5.41, 5.74) is 4.89. The molecule has 7 heteroatoms. The van der Waals surface area contributed by atoms with Crippen molar-refractivity contribution in [3.05, 3.63) is 53.6 Å². The van der Waals surface area contributed by atoms with Crippen LogP contribution in [-0.2, 0) is 6.18 Å². The largest absolute Gasteiger partial charge is 0.478 e. The number of carboxylic acid groups (broad SMARTS) is 1. The van der Waals surface area contributed by atoms with Gasteiger partial charge in [-0.25, -0.2) is 4.79 Å². The van der Waals surface area contributed by atoms with Crippen LogP contribution in [0.1, 0.15) is 15.9 Å². The molecule has 0 atom stereocenters. The summed E-state index contributed by atoms with van der Waals surface area (Å²) in [4.78, 5) is 10.8. The molecule has 2 rings (SSSR count). The van der Waals surface area contributed by atoms with Crippen LogP contribution in [-0.4, -0.2) is 11.1 Å². The highest BCUT2D eigenvalue weighted by Gasteiger charge is 2.33. The summed E-state index contributed by atoms with van der Waals surface area (Å²) in [5, 5.41) is 11.4. The van der Waals surface area contributed by atoms with Crippen molar-refractivity contribution in [1.82, 2.24) is 0 Å². The summed E-state index contributed by atoms with van der Waals surface area (Å²) in [6, 6.07) is 8.73. The van der Waals surface area contributed by atoms with Gasteiger partial charge in [0.05, 0.1) is 28.2 Å². The third-order valence-electron chi connectivity index (χ3n) is 2.80. The van der Waals surface area contributed by atoms with Crippen LogP contribution in [0.15, 0.2) is 42.5 Å². The zero-order valence-corrected chi connectivity index (χ0v) is 10.6. The van der Waals surface area contributed by atoms with Crippen LogP contribution in [0, 0.1) is 0 Å². The number of para-hydroxylation sites is 1. The molecule has 0 radical (unpaired) electrons. The van der Waals surface area contributed by atoms with E-state index in [1.165, 1.54) is 36.4 Å². The highest BCUT2D eigenvalue weighted by atomic mass is 19.4. The first-order valence-corrected chi connectivity index (χ1v) is 5.85. The van der Waals surface area contributed by atoms with Gasteiger partial charge in [-0.15, -0.1) is 0 Å². The van der Waals surface area contributed by atoms with Gasteiger partial charge in [0.15, 0.2) is 0 Å². The van der Waals surface area contributed by atoms with Crippen molar-refractivity contribution in [3.63, 3.8) is 0 Å². The zero-order valence-electron chi connectivity index (χ0n) is 10.6. The van der Waals surface area contributed by atoms with Gasteiger partial charge < -0.3 is 16.2 Å². The summed E-state index contributed by atoms with van der Waals surface area (Å²) in [6.07, 6.45) is -4.50. The Hall–Kier alpha value is -2.70. The highest BCUT2D eigenvalue weighted by Crippen LogP contribution is 2.36. The van der Waals surface area contributed by atoms with Crippen molar-refractivity contribution in [2.24, 2.45) is 0 Å². The molecule has 4 nitrogen and oxygen atoms in total. The Morgan fingerprint density at radius 3 is 2.33 bits per heavy atom. The van der Waals surface area contributed by atoms with Crippen molar-refractivity contribution in [2.75, 3.05) is 11.1 Å². The second kappa shape index (κ2) is 5.35. The molecule has 0 bridgehead atoms. The fourth-order valence-electron chi connectivity index (χ4n) is 1.79. The molecule has 2 aromatic rings. The van der Waals surface area contributed by atoms with E-state index in [0.717, 1.165) is 6.07 Å². The van der Waals surface area contributed by atoms with Gasteiger partial charge in [-0.2, -0.15) is 13.2 Å². The van der Waals surface area contributed by atoms with Crippen molar-refractivity contribution in [1.29, 1.82) is 0 Å². The smallest absolute Gasteiger partial charge is 0.418 e. The molecule has 0 unspecified atom stereocenters. The van der Waals surface area contributed by atoms with Gasteiger partial charge in [0, 0.05) is 0 Å². The lowest BCUT2D eigenvalue weighted by Gasteiger charge is -2.15. The number of carbonyl (C=O) groups is 1. The van der Waals surface area contributed by atoms with Crippen LogP contribution in [0.5, 0.6) is 0 Å². The minimum Gasteiger partial charge on any atom is -0.478 e. The molecule has 0 aliphatic carbocycles. The molecular formula is C14H11F3N2O2. The minimum atomic E-state index is -4.50. The first-order chi connectivity index (χ1) is 9.79. The Kier molecular flexibility index (Phi) is 3.75. The summed E-state index contributed by atoms with van der Waals surface area (Å²) >= 11 is 0. The van der Waals surface area contributed by atoms with Crippen LogP contribution in [0.3, 0.4) is 0 Å². The highest BCUT2D eigenvalue weighted by molar-refractivity contribution is 5.91. The zero-order chi connectivity index (χ0) is 15.6. The van der Waals surface area contributed by atoms with Crippen molar-refractivity contribution >= 4 is 23.0 Å². The number of nitrogens with two attached hydrogens (primary N) is 1. The van der Waals surface area contributed by atoms with Gasteiger partial charge in [-0.05, 0) is 30.3 Å². The van der Waals surface area contributed by atoms with E-state index in [1.54, 1.807) is 0 Å². The molecule has 0 heterocycles. The third-order valence-corrected chi connectivity index (χ3v) is 2.80. The third kappa shape index (κ3) is 3.25. The monoisotopic (exact) mass is 296 g/mol. The molecule has 110 valence electrons. The topological polar surface area (TPSA) is 75.4 Å². The number of nitrogens with one attached hydrogen (secondary N) is 1. The van der Waals surface area contributed by atoms with Crippen LogP contribution in [0.25, 0.3) is 0 Å². The predicted octanol–water partition coefficient (Wildman–Crippen LogP) is 3.73. The minimum absolute atomic E-state index is 0.0397. The molecule has 0 spiro atoms. The number of benzene rings is 2. The molecule has 0 saturated carbocycles. The molecule has 0 fully saturated rings. The maximum absolute atomic E-state index is 12.9. The maximum Gasteiger partial charge on any atom is 0.418 e. The number of hydrogen-bond donors (Lipinski definition) is 3. The molecule has 2 aromatic carbocycles. The van der Waals surface area contributed by atoms with Gasteiger partial charge in [-0.1, -0.05) is 12.1 Å². The Labute approximate surface area is 118 Å². The molecule has 0 aromatic heterocycles. The van der Waals surface area contributed by atoms with E-state index >= 15 is 0 Å². The lowest BCUT2D eigenvalue weighted by molar-refractivity contribution is -0.136. The number of carboxylic acids is 1. The predicted molar refractivity (Wildman–Crippen MR) is 72.5 cm³/mol. The number of halogens is 3. The first kappa shape index (κ1) is 14.7. The number of hydrogen-bond acceptors (Lipinski definition) is 3. The van der Waals surface area contributed by atoms with E-state index in [1.807, 2.05) is 0 Å². The fourth-order valence-corrected chi connectivity index (χ4v) is 1.79. The Bertz CT molecular complexity index is 684. The summed E-state index contributed by atoms with van der Waals surface area (Å²) in [5.74, 6) is -1.16. The summed E-state index contributed by atoms with van der Waals surface area (Å²) < 4.78 is 38.6. The Balaban J connectivity index is 2.38. The van der Waals surface area contributed by atoms with Crippen LogP contribution < -0.4 is 11.1 Å². The van der Waals surface area contributed by atoms with Gasteiger partial charge in [0.2, 0.25) is 0 Å². The lowest BCUT2D eigenvalue weighted by Crippen LogP contribution is -2.09. The summed E-state index contributed by atoms with van der Waals surface area (Å²) in [7, 11) is 0. The number of aromatic carboxylic acids is 1. The van der Waals surface area contributed by atoms with Crippen LogP contribution in [0.2, 0.25) is 0 Å².